The number of imidazole rings is 3. The number of aromatic nitrogens is 16. The van der Waals surface area contributed by atoms with Crippen LogP contribution < -0.4 is 51.0 Å². The van der Waals surface area contributed by atoms with Crippen molar-refractivity contribution >= 4 is 131 Å². The molecule has 8 aromatic heterocycles. The zero-order valence-corrected chi connectivity index (χ0v) is 73.2. The Morgan fingerprint density at radius 1 is 0.545 bits per heavy atom. The molecule has 6 aliphatic rings. The van der Waals surface area contributed by atoms with Crippen molar-refractivity contribution in [1.82, 2.24) is 77.7 Å². The number of aromatic amines is 3. The molecule has 59 heteroatoms. The molecule has 6 aliphatic heterocycles. The monoisotopic (exact) mass is 1890 g/mol. The number of ether oxygens (including phenoxy) is 13. The van der Waals surface area contributed by atoms with E-state index in [9.17, 15) is 48.7 Å². The Bertz CT molecular complexity index is 5680. The first-order chi connectivity index (χ1) is 58.5. The van der Waals surface area contributed by atoms with Gasteiger partial charge in [0, 0.05) is 44.8 Å². The number of aryl methyl sites for hydroxylation is 2. The first-order valence-electron chi connectivity index (χ1n) is 37.7. The first kappa shape index (κ1) is 92.7. The van der Waals surface area contributed by atoms with E-state index in [4.69, 9.17) is 168 Å². The number of H-pyrrole nitrogens is 3. The van der Waals surface area contributed by atoms with Crippen LogP contribution in [0.2, 0.25) is 0 Å². The average molecular weight is 1890 g/mol. The molecule has 0 amide bonds. The molecule has 14 heterocycles. The summed E-state index contributed by atoms with van der Waals surface area (Å²) >= 11 is 22.9. The van der Waals surface area contributed by atoms with Crippen LogP contribution in [0.5, 0.6) is 0 Å². The van der Waals surface area contributed by atoms with Gasteiger partial charge in [-0.2, -0.15) is 15.0 Å². The average Bonchev–Trinajstić information content (AvgIpc) is 1.55. The topological polar surface area (TPSA) is 660 Å². The van der Waals surface area contributed by atoms with E-state index in [1.54, 1.807) is 25.3 Å². The predicted molar refractivity (Wildman–Crippen MR) is 437 cm³/mol. The van der Waals surface area contributed by atoms with Gasteiger partial charge < -0.3 is 132 Å². The number of hydrogen-bond donors (Lipinski definition) is 12. The van der Waals surface area contributed by atoms with E-state index in [0.717, 1.165) is 9.13 Å². The zero-order chi connectivity index (χ0) is 88.1. The summed E-state index contributed by atoms with van der Waals surface area (Å²) in [5.41, 5.74) is 18.9. The third-order valence-electron chi connectivity index (χ3n) is 20.7. The zero-order valence-electron chi connectivity index (χ0n) is 66.4. The first-order valence-corrected chi connectivity index (χ1v) is 48.1. The molecule has 676 valence electrons. The molecule has 0 spiro atoms. The normalized spacial score (nSPS) is 30.6. The number of methoxy groups -OCH3 is 3. The Morgan fingerprint density at radius 2 is 1.03 bits per heavy atom. The molecule has 8 aromatic rings. The van der Waals surface area contributed by atoms with Gasteiger partial charge in [-0.05, 0) is 81.3 Å². The van der Waals surface area contributed by atoms with Crippen molar-refractivity contribution in [1.29, 1.82) is 0 Å². The molecular formula is C64H90N20O31P4S4. The fourth-order valence-corrected chi connectivity index (χ4v) is 20.7. The van der Waals surface area contributed by atoms with Crippen LogP contribution >= 0.6 is 26.9 Å². The van der Waals surface area contributed by atoms with Crippen LogP contribution in [-0.4, -0.2) is 294 Å². The second kappa shape index (κ2) is 38.1. The van der Waals surface area contributed by atoms with Crippen LogP contribution in [-0.2, 0) is 145 Å². The van der Waals surface area contributed by atoms with E-state index in [1.807, 2.05) is 0 Å². The van der Waals surface area contributed by atoms with Gasteiger partial charge in [0.2, 0.25) is 11.9 Å². The number of rotatable bonds is 40. The van der Waals surface area contributed by atoms with Crippen LogP contribution in [0, 0.1) is 13.8 Å². The molecule has 25 atom stereocenters. The summed E-state index contributed by atoms with van der Waals surface area (Å²) in [6.45, 7) is -14.8. The number of fused-ring (bicyclic) bond motifs is 5. The lowest BCUT2D eigenvalue weighted by Crippen LogP contribution is -2.50. The Labute approximate surface area is 714 Å². The molecule has 0 radical (unpaired) electrons. The predicted octanol–water partition coefficient (Wildman–Crippen LogP) is -1.76. The second-order valence-electron chi connectivity index (χ2n) is 28.9. The lowest BCUT2D eigenvalue weighted by molar-refractivity contribution is -0.215. The fraction of sp³-hybridized carbons (Fsp3) is 0.641. The molecule has 14 rings (SSSR count). The summed E-state index contributed by atoms with van der Waals surface area (Å²) in [4.78, 5) is 156. The Kier molecular flexibility index (Phi) is 28.7. The van der Waals surface area contributed by atoms with Gasteiger partial charge in [-0.1, -0.05) is 6.92 Å². The van der Waals surface area contributed by atoms with E-state index in [-0.39, 0.29) is 109 Å². The van der Waals surface area contributed by atoms with Crippen molar-refractivity contribution < 1.29 is 122 Å². The van der Waals surface area contributed by atoms with Crippen molar-refractivity contribution in [2.45, 2.75) is 169 Å². The fourth-order valence-electron chi connectivity index (χ4n) is 14.9. The van der Waals surface area contributed by atoms with Gasteiger partial charge in [0.25, 0.3) is 16.7 Å². The molecule has 9 unspecified atom stereocenters. The van der Waals surface area contributed by atoms with Gasteiger partial charge in [0.1, 0.15) is 96.5 Å². The van der Waals surface area contributed by atoms with E-state index in [0.29, 0.717) is 5.56 Å². The Hall–Kier alpha value is -6.43. The number of anilines is 4. The van der Waals surface area contributed by atoms with Crippen molar-refractivity contribution in [3.05, 3.63) is 101 Å². The van der Waals surface area contributed by atoms with E-state index < -0.39 is 216 Å². The smallest absolute Gasteiger partial charge is 0.351 e. The second-order valence-corrected chi connectivity index (χ2v) is 40.0. The summed E-state index contributed by atoms with van der Waals surface area (Å²) in [5.74, 6) is -0.545. The maximum absolute atomic E-state index is 13.9. The Morgan fingerprint density at radius 3 is 1.58 bits per heavy atom. The molecular weight excluding hydrogens is 1800 g/mol. The molecule has 0 aromatic carbocycles. The number of nitrogen functional groups attached to an aromatic ring is 4. The van der Waals surface area contributed by atoms with Crippen LogP contribution in [0.1, 0.15) is 69.5 Å². The lowest BCUT2D eigenvalue weighted by Gasteiger charge is -2.36. The summed E-state index contributed by atoms with van der Waals surface area (Å²) < 4.78 is 136. The van der Waals surface area contributed by atoms with Gasteiger partial charge >= 0.3 is 38.3 Å². The standard InChI is InChI=1S/C64H90N20O31P4S4/c1-9-31-38(42(98-13-10-95-6)57(108-31)82-24-71-35-48(66)69-23-70-49(35)82)113-117(92,121)103-21-33-40(44(100-15-12-97-8)58(110-33)83-25-72-36-50(83)75-60(67)77-53(36)87)115-118(93,122)104-20-32-39(43(99-14-11-96-7)56(109-32)81-17-28(3)52(86)79-63(81)90)114-116(91,120)102-18-29(4)106-41-34(19-101-55(41)80-16-27(2)47(65)74-62(80)89)112-119(94,123)105-22-64-30(5)107-45(46(64)85)59(111-64)84-26-73-37-51(84)76-61(68)78-54(37)88/h16-17,23-26,29-34,38-46,55-59,85H,9-15,18-22H2,1-8H3,(H,91,120)(H,92,121)(H,93,122)(H,94,123)(H2,65,74,89)(H2,66,69,70)(H,79,86,90)(H3,67,75,77,87)(H3,68,76,78,88)/t29-,30-,31+,32+,33+,34-,38-,39-,40-,41?,42?,43?,44?,45?,46+,55+,56+,57+,58+,59+,64-,116?,117?,118?,119?/m0/s1. The number of nitrogens with zero attached hydrogens (tertiary/aromatic N) is 13. The quantitative estimate of drug-likeness (QED) is 0.0149. The highest BCUT2D eigenvalue weighted by atomic mass is 32.5. The molecule has 51 nitrogen and oxygen atoms in total. The van der Waals surface area contributed by atoms with Gasteiger partial charge in [-0.15, -0.1) is 0 Å². The maximum atomic E-state index is 13.9. The summed E-state index contributed by atoms with van der Waals surface area (Å²) in [5, 5.41) is 11.8. The van der Waals surface area contributed by atoms with Crippen molar-refractivity contribution in [3.8, 4) is 0 Å². The van der Waals surface area contributed by atoms with Crippen molar-refractivity contribution in [2.75, 3.05) is 117 Å². The maximum Gasteiger partial charge on any atom is 0.351 e. The molecule has 16 N–H and O–H groups in total. The number of hydrogen-bond acceptors (Lipinski definition) is 43. The largest absolute Gasteiger partial charge is 0.387 e. The summed E-state index contributed by atoms with van der Waals surface area (Å²) in [6, 6.07) is 0. The van der Waals surface area contributed by atoms with Gasteiger partial charge in [0.15, 0.2) is 64.9 Å². The number of nitrogens with one attached hydrogen (secondary N) is 3. The van der Waals surface area contributed by atoms with Gasteiger partial charge in [-0.3, -0.25) is 65.7 Å². The molecule has 123 heavy (non-hydrogen) atoms. The SMILES string of the molecule is CC[C@H]1O[C@@H](n2cnc3c(N)ncnc32)C(OCCOC)[C@H]1OP(O)(=S)OC[C@H]1O[C@@H](n2cnc3c(=O)[nH]c(N)nc32)C(OCCOC)[C@H]1OP(O)(=S)OC[C@H]1O[C@@H](n2cc(C)c(=O)[nH]c2=O)C(OCCOC)[C@H]1OP(O)(=S)OC[C@H](C)OC1[C@@H](OP(O)(=S)OC[C@]23O[C@@H](n4cnc5c(=O)[nH]c(N)nc54)C(O[C@H]2C)[C@H]3O)CO[C@H]1n1cc(C)c(N)nc1=O. The number of nitrogens with two attached hydrogens (primary N) is 4. The third kappa shape index (κ3) is 19.8. The highest BCUT2D eigenvalue weighted by molar-refractivity contribution is 8.08. The molecule has 0 aliphatic carbocycles. The van der Waals surface area contributed by atoms with Crippen molar-refractivity contribution in [3.63, 3.8) is 0 Å². The van der Waals surface area contributed by atoms with E-state index in [2.05, 4.69) is 54.8 Å². The van der Waals surface area contributed by atoms with E-state index >= 15 is 0 Å². The van der Waals surface area contributed by atoms with Gasteiger partial charge in [0.05, 0.1) is 110 Å². The number of aliphatic hydroxyl groups is 1. The third-order valence-corrected chi connectivity index (χ3v) is 27.0. The van der Waals surface area contributed by atoms with Crippen LogP contribution in [0.3, 0.4) is 0 Å². The minimum atomic E-state index is -4.89. The minimum absolute atomic E-state index is 0.00550. The number of aliphatic hydroxyl groups excluding tert-OH is 1. The summed E-state index contributed by atoms with van der Waals surface area (Å²) in [6.07, 6.45) is -18.8. The molecule has 6 saturated heterocycles. The highest BCUT2D eigenvalue weighted by Crippen LogP contribution is 2.58. The van der Waals surface area contributed by atoms with E-state index in [1.165, 1.54) is 82.0 Å². The molecule has 2 bridgehead atoms. The molecule has 0 saturated carbocycles. The van der Waals surface area contributed by atoms with Crippen LogP contribution in [0.4, 0.5) is 23.5 Å². The Balaban J connectivity index is 0.716. The van der Waals surface area contributed by atoms with Crippen LogP contribution in [0.15, 0.2) is 61.7 Å². The van der Waals surface area contributed by atoms with Gasteiger partial charge in [-0.25, -0.2) is 34.5 Å². The highest BCUT2D eigenvalue weighted by Gasteiger charge is 2.67. The summed E-state index contributed by atoms with van der Waals surface area (Å²) in [7, 11) is 4.24. The molecule has 6 fully saturated rings. The van der Waals surface area contributed by atoms with Crippen molar-refractivity contribution in [2.24, 2.45) is 0 Å². The minimum Gasteiger partial charge on any atom is -0.387 e. The lowest BCUT2D eigenvalue weighted by atomic mass is 9.94. The van der Waals surface area contributed by atoms with Crippen LogP contribution in [0.25, 0.3) is 33.5 Å².